The van der Waals surface area contributed by atoms with Crippen LogP contribution in [-0.2, 0) is 0 Å². The summed E-state index contributed by atoms with van der Waals surface area (Å²) in [7, 11) is 1.51. The predicted octanol–water partition coefficient (Wildman–Crippen LogP) is 3.00. The quantitative estimate of drug-likeness (QED) is 0.788. The summed E-state index contributed by atoms with van der Waals surface area (Å²) >= 11 is 0. The lowest BCUT2D eigenvalue weighted by molar-refractivity contribution is 0.0889. The molecule has 1 unspecified atom stereocenters. The number of rotatable bonds is 2. The third-order valence-corrected chi connectivity index (χ3v) is 3.48. The van der Waals surface area contributed by atoms with Crippen LogP contribution >= 0.6 is 0 Å². The van der Waals surface area contributed by atoms with E-state index in [0.29, 0.717) is 11.3 Å². The molecule has 0 N–H and O–H groups in total. The van der Waals surface area contributed by atoms with Crippen LogP contribution in [0.3, 0.4) is 0 Å². The molecule has 100 valence electrons. The summed E-state index contributed by atoms with van der Waals surface area (Å²) < 4.78 is 18.8. The van der Waals surface area contributed by atoms with Gasteiger partial charge in [-0.25, -0.2) is 4.39 Å². The van der Waals surface area contributed by atoms with Gasteiger partial charge in [-0.1, -0.05) is 24.3 Å². The highest BCUT2D eigenvalue weighted by molar-refractivity contribution is 6.29. The van der Waals surface area contributed by atoms with Crippen LogP contribution in [0.2, 0.25) is 0 Å². The lowest BCUT2D eigenvalue weighted by Gasteiger charge is -2.08. The van der Waals surface area contributed by atoms with Crippen molar-refractivity contribution in [3.63, 3.8) is 0 Å². The summed E-state index contributed by atoms with van der Waals surface area (Å²) in [5.41, 5.74) is 0.572. The van der Waals surface area contributed by atoms with Gasteiger partial charge in [0.2, 0.25) is 0 Å². The molecule has 0 aromatic heterocycles. The number of halogens is 1. The summed E-state index contributed by atoms with van der Waals surface area (Å²) in [5, 5.41) is 0. The van der Waals surface area contributed by atoms with Crippen LogP contribution in [-0.4, -0.2) is 18.7 Å². The predicted molar refractivity (Wildman–Crippen MR) is 70.8 cm³/mol. The Morgan fingerprint density at radius 3 is 2.50 bits per heavy atom. The molecule has 20 heavy (non-hydrogen) atoms. The molecule has 0 saturated carbocycles. The van der Waals surface area contributed by atoms with Crippen molar-refractivity contribution in [2.75, 3.05) is 7.11 Å². The average molecular weight is 270 g/mol. The third-order valence-electron chi connectivity index (χ3n) is 3.48. The SMILES string of the molecule is COc1cccc(C2C(=O)c3cccc(F)c3C2=O)c1. The normalized spacial score (nSPS) is 17.2. The Hall–Kier alpha value is -2.49. The second-order valence-corrected chi connectivity index (χ2v) is 4.60. The minimum Gasteiger partial charge on any atom is -0.497 e. The molecule has 0 radical (unpaired) electrons. The number of ether oxygens (including phenoxy) is 1. The van der Waals surface area contributed by atoms with E-state index in [4.69, 9.17) is 4.74 Å². The highest BCUT2D eigenvalue weighted by atomic mass is 19.1. The van der Waals surface area contributed by atoms with Crippen molar-refractivity contribution in [3.05, 3.63) is 65.0 Å². The maximum atomic E-state index is 13.8. The van der Waals surface area contributed by atoms with E-state index in [1.165, 1.54) is 25.3 Å². The molecule has 0 heterocycles. The largest absolute Gasteiger partial charge is 0.497 e. The molecule has 0 amide bonds. The van der Waals surface area contributed by atoms with Gasteiger partial charge in [0.25, 0.3) is 0 Å². The van der Waals surface area contributed by atoms with E-state index in [1.807, 2.05) is 0 Å². The first-order valence-electron chi connectivity index (χ1n) is 6.14. The van der Waals surface area contributed by atoms with Crippen molar-refractivity contribution >= 4 is 11.6 Å². The van der Waals surface area contributed by atoms with Crippen LogP contribution in [0.5, 0.6) is 5.75 Å². The van der Waals surface area contributed by atoms with Gasteiger partial charge in [0.1, 0.15) is 17.5 Å². The van der Waals surface area contributed by atoms with Crippen LogP contribution in [0, 0.1) is 5.82 Å². The van der Waals surface area contributed by atoms with Gasteiger partial charge in [0, 0.05) is 5.56 Å². The Kier molecular flexibility index (Phi) is 2.86. The third kappa shape index (κ3) is 1.72. The minimum atomic E-state index is -0.975. The molecule has 0 spiro atoms. The van der Waals surface area contributed by atoms with Crippen molar-refractivity contribution in [2.24, 2.45) is 0 Å². The van der Waals surface area contributed by atoms with Gasteiger partial charge in [0.05, 0.1) is 12.7 Å². The molecule has 2 aromatic rings. The maximum Gasteiger partial charge on any atom is 0.181 e. The van der Waals surface area contributed by atoms with Gasteiger partial charge >= 0.3 is 0 Å². The molecule has 1 aliphatic carbocycles. The summed E-state index contributed by atoms with van der Waals surface area (Å²) in [6.45, 7) is 0. The second-order valence-electron chi connectivity index (χ2n) is 4.60. The lowest BCUT2D eigenvalue weighted by Crippen LogP contribution is -2.13. The number of Topliss-reactive ketones (excluding diaryl/α,β-unsaturated/α-hetero) is 2. The number of benzene rings is 2. The van der Waals surface area contributed by atoms with Gasteiger partial charge in [-0.15, -0.1) is 0 Å². The number of carbonyl (C=O) groups is 2. The molecule has 1 aliphatic rings. The van der Waals surface area contributed by atoms with E-state index < -0.39 is 17.5 Å². The summed E-state index contributed by atoms with van der Waals surface area (Å²) in [4.78, 5) is 24.7. The van der Waals surface area contributed by atoms with Crippen molar-refractivity contribution in [3.8, 4) is 5.75 Å². The number of methoxy groups -OCH3 is 1. The van der Waals surface area contributed by atoms with Crippen LogP contribution < -0.4 is 4.74 Å². The zero-order chi connectivity index (χ0) is 14.3. The average Bonchev–Trinajstić information content (AvgIpc) is 2.72. The molecule has 4 heteroatoms. The second kappa shape index (κ2) is 4.56. The van der Waals surface area contributed by atoms with Crippen molar-refractivity contribution in [1.82, 2.24) is 0 Å². The van der Waals surface area contributed by atoms with Gasteiger partial charge < -0.3 is 4.74 Å². The summed E-state index contributed by atoms with van der Waals surface area (Å²) in [6, 6.07) is 10.8. The number of hydrogen-bond acceptors (Lipinski definition) is 3. The number of carbonyl (C=O) groups excluding carboxylic acids is 2. The van der Waals surface area contributed by atoms with E-state index in [9.17, 15) is 14.0 Å². The van der Waals surface area contributed by atoms with Gasteiger partial charge in [-0.3, -0.25) is 9.59 Å². The molecule has 1 atom stereocenters. The van der Waals surface area contributed by atoms with Gasteiger partial charge in [-0.2, -0.15) is 0 Å². The van der Waals surface area contributed by atoms with Crippen LogP contribution in [0.4, 0.5) is 4.39 Å². The van der Waals surface area contributed by atoms with Crippen molar-refractivity contribution in [1.29, 1.82) is 0 Å². The molecule has 3 nitrogen and oxygen atoms in total. The Morgan fingerprint density at radius 1 is 1.05 bits per heavy atom. The zero-order valence-corrected chi connectivity index (χ0v) is 10.7. The fraction of sp³-hybridized carbons (Fsp3) is 0.125. The monoisotopic (exact) mass is 270 g/mol. The van der Waals surface area contributed by atoms with Crippen LogP contribution in [0.15, 0.2) is 42.5 Å². The molecular weight excluding hydrogens is 259 g/mol. The van der Waals surface area contributed by atoms with Crippen molar-refractivity contribution < 1.29 is 18.7 Å². The first-order chi connectivity index (χ1) is 9.63. The Labute approximate surface area is 115 Å². The standard InChI is InChI=1S/C16H11FO3/c1-20-10-5-2-4-9(8-10)13-15(18)11-6-3-7-12(17)14(11)16(13)19/h2-8,13H,1H3. The van der Waals surface area contributed by atoms with E-state index in [0.717, 1.165) is 0 Å². The molecule has 2 aromatic carbocycles. The van der Waals surface area contributed by atoms with E-state index in [1.54, 1.807) is 24.3 Å². The van der Waals surface area contributed by atoms with E-state index in [2.05, 4.69) is 0 Å². The fourth-order valence-electron chi connectivity index (χ4n) is 2.52. The Balaban J connectivity index is 2.12. The fourth-order valence-corrected chi connectivity index (χ4v) is 2.52. The summed E-state index contributed by atoms with van der Waals surface area (Å²) in [6.07, 6.45) is 0. The van der Waals surface area contributed by atoms with Gasteiger partial charge in [0.15, 0.2) is 11.6 Å². The number of fused-ring (bicyclic) bond motifs is 1. The first-order valence-corrected chi connectivity index (χ1v) is 6.14. The number of hydrogen-bond donors (Lipinski definition) is 0. The lowest BCUT2D eigenvalue weighted by atomic mass is 9.94. The molecular formula is C16H11FO3. The highest BCUT2D eigenvalue weighted by Crippen LogP contribution is 2.36. The smallest absolute Gasteiger partial charge is 0.181 e. The Morgan fingerprint density at radius 2 is 1.80 bits per heavy atom. The Bertz CT molecular complexity index is 721. The minimum absolute atomic E-state index is 0.106. The zero-order valence-electron chi connectivity index (χ0n) is 10.7. The molecule has 0 bridgehead atoms. The van der Waals surface area contributed by atoms with Gasteiger partial charge in [-0.05, 0) is 23.8 Å². The topological polar surface area (TPSA) is 43.4 Å². The highest BCUT2D eigenvalue weighted by Gasteiger charge is 2.41. The molecule has 0 fully saturated rings. The summed E-state index contributed by atoms with van der Waals surface area (Å²) in [5.74, 6) is -1.92. The molecule has 0 saturated heterocycles. The number of ketones is 2. The molecule has 3 rings (SSSR count). The van der Waals surface area contributed by atoms with E-state index in [-0.39, 0.29) is 16.9 Å². The van der Waals surface area contributed by atoms with E-state index >= 15 is 0 Å². The first kappa shape index (κ1) is 12.5. The maximum absolute atomic E-state index is 13.8. The van der Waals surface area contributed by atoms with Crippen molar-refractivity contribution in [2.45, 2.75) is 5.92 Å². The molecule has 0 aliphatic heterocycles. The van der Waals surface area contributed by atoms with Crippen LogP contribution in [0.1, 0.15) is 32.2 Å². The van der Waals surface area contributed by atoms with Crippen LogP contribution in [0.25, 0.3) is 0 Å².